The first kappa shape index (κ1) is 17.1. The fraction of sp³-hybridized carbons (Fsp3) is 0.688. The van der Waals surface area contributed by atoms with Crippen molar-refractivity contribution in [3.05, 3.63) is 29.8 Å². The van der Waals surface area contributed by atoms with Crippen molar-refractivity contribution in [1.82, 2.24) is 10.4 Å². The molecule has 0 saturated heterocycles. The minimum atomic E-state index is -0.309. The van der Waals surface area contributed by atoms with Gasteiger partial charge in [0.1, 0.15) is 5.82 Å². The Balaban J connectivity index is 2.14. The third-order valence-corrected chi connectivity index (χ3v) is 3.65. The van der Waals surface area contributed by atoms with Crippen LogP contribution in [-0.4, -0.2) is 4.98 Å². The summed E-state index contributed by atoms with van der Waals surface area (Å²) in [6, 6.07) is 3.15. The summed E-state index contributed by atoms with van der Waals surface area (Å²) in [5.41, 5.74) is 3.59. The van der Waals surface area contributed by atoms with Crippen LogP contribution in [0.1, 0.15) is 76.4 Å². The van der Waals surface area contributed by atoms with Crippen LogP contribution >= 0.6 is 0 Å². The van der Waals surface area contributed by atoms with Crippen molar-refractivity contribution >= 4 is 0 Å². The highest BCUT2D eigenvalue weighted by atomic mass is 19.1. The Morgan fingerprint density at radius 2 is 1.75 bits per heavy atom. The fourth-order valence-corrected chi connectivity index (χ4v) is 2.39. The molecule has 20 heavy (non-hydrogen) atoms. The van der Waals surface area contributed by atoms with Crippen LogP contribution in [0.15, 0.2) is 18.3 Å². The molecule has 0 spiro atoms. The molecule has 1 heterocycles. The Morgan fingerprint density at radius 1 is 1.10 bits per heavy atom. The Kier molecular flexibility index (Phi) is 9.16. The summed E-state index contributed by atoms with van der Waals surface area (Å²) in [4.78, 5) is 4.08. The van der Waals surface area contributed by atoms with Gasteiger partial charge in [0.2, 0.25) is 0 Å². The van der Waals surface area contributed by atoms with Gasteiger partial charge in [0.15, 0.2) is 0 Å². The fourth-order valence-electron chi connectivity index (χ4n) is 2.39. The normalized spacial score (nSPS) is 12.6. The van der Waals surface area contributed by atoms with E-state index in [0.29, 0.717) is 0 Å². The van der Waals surface area contributed by atoms with Crippen molar-refractivity contribution in [3.63, 3.8) is 0 Å². The maximum atomic E-state index is 12.8. The smallest absolute Gasteiger partial charge is 0.141 e. The molecule has 0 aromatic carbocycles. The van der Waals surface area contributed by atoms with Gasteiger partial charge in [-0.25, -0.2) is 4.39 Å². The van der Waals surface area contributed by atoms with Crippen molar-refractivity contribution in [2.45, 2.75) is 70.8 Å². The van der Waals surface area contributed by atoms with Crippen molar-refractivity contribution in [2.75, 3.05) is 0 Å². The van der Waals surface area contributed by atoms with Crippen LogP contribution in [0.5, 0.6) is 0 Å². The quantitative estimate of drug-likeness (QED) is 0.362. The molecular formula is C16H28FN3. The molecule has 0 aliphatic carbocycles. The number of pyridine rings is 1. The number of rotatable bonds is 11. The number of halogens is 1. The second kappa shape index (κ2) is 10.7. The van der Waals surface area contributed by atoms with Gasteiger partial charge in [-0.15, -0.1) is 0 Å². The first-order valence-corrected chi connectivity index (χ1v) is 7.85. The summed E-state index contributed by atoms with van der Waals surface area (Å²) in [5, 5.41) is 0. The highest BCUT2D eigenvalue weighted by Crippen LogP contribution is 2.18. The summed E-state index contributed by atoms with van der Waals surface area (Å²) >= 11 is 0. The lowest BCUT2D eigenvalue weighted by Crippen LogP contribution is -2.28. The topological polar surface area (TPSA) is 50.9 Å². The monoisotopic (exact) mass is 281 g/mol. The van der Waals surface area contributed by atoms with Gasteiger partial charge >= 0.3 is 0 Å². The number of nitrogens with zero attached hydrogens (tertiary/aromatic N) is 1. The third kappa shape index (κ3) is 6.96. The molecule has 3 nitrogen and oxygen atoms in total. The SMILES string of the molecule is CCCCCCCCCCC(NN)c1ccc(F)cn1. The van der Waals surface area contributed by atoms with Gasteiger partial charge < -0.3 is 0 Å². The molecule has 3 N–H and O–H groups in total. The van der Waals surface area contributed by atoms with Gasteiger partial charge in [-0.1, -0.05) is 58.3 Å². The zero-order valence-electron chi connectivity index (χ0n) is 12.6. The van der Waals surface area contributed by atoms with Crippen LogP contribution in [0.2, 0.25) is 0 Å². The summed E-state index contributed by atoms with van der Waals surface area (Å²) in [6.45, 7) is 2.24. The summed E-state index contributed by atoms with van der Waals surface area (Å²) in [7, 11) is 0. The molecule has 1 unspecified atom stereocenters. The third-order valence-electron chi connectivity index (χ3n) is 3.65. The van der Waals surface area contributed by atoms with E-state index in [9.17, 15) is 4.39 Å². The van der Waals surface area contributed by atoms with E-state index in [0.717, 1.165) is 18.5 Å². The maximum absolute atomic E-state index is 12.8. The Hall–Kier alpha value is -1.00. The van der Waals surface area contributed by atoms with Crippen molar-refractivity contribution in [1.29, 1.82) is 0 Å². The first-order valence-electron chi connectivity index (χ1n) is 7.85. The van der Waals surface area contributed by atoms with E-state index >= 15 is 0 Å². The van der Waals surface area contributed by atoms with Crippen LogP contribution in [0.25, 0.3) is 0 Å². The van der Waals surface area contributed by atoms with Gasteiger partial charge in [0.25, 0.3) is 0 Å². The van der Waals surface area contributed by atoms with E-state index in [-0.39, 0.29) is 11.9 Å². The highest BCUT2D eigenvalue weighted by Gasteiger charge is 2.10. The van der Waals surface area contributed by atoms with Gasteiger partial charge in [-0.3, -0.25) is 16.3 Å². The molecule has 1 aromatic rings. The van der Waals surface area contributed by atoms with E-state index in [2.05, 4.69) is 17.3 Å². The van der Waals surface area contributed by atoms with Gasteiger partial charge in [0.05, 0.1) is 17.9 Å². The standard InChI is InChI=1S/C16H28FN3/c1-2-3-4-5-6-7-8-9-10-16(20-18)15-12-11-14(17)13-19-15/h11-13,16,20H,2-10,18H2,1H3. The number of nitrogens with two attached hydrogens (primary N) is 1. The predicted octanol–water partition coefficient (Wildman–Crippen LogP) is 4.26. The average molecular weight is 281 g/mol. The molecule has 0 saturated carbocycles. The van der Waals surface area contributed by atoms with Gasteiger partial charge in [-0.2, -0.15) is 0 Å². The van der Waals surface area contributed by atoms with Crippen molar-refractivity contribution < 1.29 is 4.39 Å². The molecule has 0 radical (unpaired) electrons. The minimum Gasteiger partial charge on any atom is -0.271 e. The number of hydrogen-bond donors (Lipinski definition) is 2. The Morgan fingerprint density at radius 3 is 2.30 bits per heavy atom. The lowest BCUT2D eigenvalue weighted by molar-refractivity contribution is 0.465. The van der Waals surface area contributed by atoms with E-state index in [1.54, 1.807) is 6.07 Å². The molecule has 1 atom stereocenters. The second-order valence-electron chi connectivity index (χ2n) is 5.38. The summed E-state index contributed by atoms with van der Waals surface area (Å²) in [6.07, 6.45) is 12.5. The zero-order valence-corrected chi connectivity index (χ0v) is 12.6. The van der Waals surface area contributed by atoms with E-state index in [1.807, 2.05) is 0 Å². The number of nitrogens with one attached hydrogen (secondary N) is 1. The second-order valence-corrected chi connectivity index (χ2v) is 5.38. The summed E-state index contributed by atoms with van der Waals surface area (Å²) in [5.74, 6) is 5.25. The highest BCUT2D eigenvalue weighted by molar-refractivity contribution is 5.09. The Bertz CT molecular complexity index is 340. The summed E-state index contributed by atoms with van der Waals surface area (Å²) < 4.78 is 12.8. The number of aromatic nitrogens is 1. The van der Waals surface area contributed by atoms with E-state index in [1.165, 1.54) is 57.2 Å². The minimum absolute atomic E-state index is 0.0238. The predicted molar refractivity (Wildman–Crippen MR) is 81.5 cm³/mol. The first-order chi connectivity index (χ1) is 9.77. The van der Waals surface area contributed by atoms with Crippen molar-refractivity contribution in [3.8, 4) is 0 Å². The van der Waals surface area contributed by atoms with Crippen LogP contribution in [0.3, 0.4) is 0 Å². The van der Waals surface area contributed by atoms with E-state index in [4.69, 9.17) is 5.84 Å². The van der Waals surface area contributed by atoms with Crippen LogP contribution in [0.4, 0.5) is 4.39 Å². The Labute approximate surface area is 122 Å². The van der Waals surface area contributed by atoms with E-state index < -0.39 is 0 Å². The molecule has 0 bridgehead atoms. The van der Waals surface area contributed by atoms with Gasteiger partial charge in [-0.05, 0) is 18.6 Å². The van der Waals surface area contributed by atoms with Crippen LogP contribution in [0, 0.1) is 5.82 Å². The molecule has 114 valence electrons. The number of unbranched alkanes of at least 4 members (excludes halogenated alkanes) is 7. The lowest BCUT2D eigenvalue weighted by Gasteiger charge is -2.15. The molecule has 1 rings (SSSR count). The molecule has 0 amide bonds. The molecule has 0 aliphatic rings. The molecule has 4 heteroatoms. The maximum Gasteiger partial charge on any atom is 0.141 e. The molecular weight excluding hydrogens is 253 g/mol. The number of hydrazine groups is 1. The van der Waals surface area contributed by atoms with Crippen LogP contribution in [-0.2, 0) is 0 Å². The number of hydrogen-bond acceptors (Lipinski definition) is 3. The average Bonchev–Trinajstić information content (AvgIpc) is 2.47. The van der Waals surface area contributed by atoms with Crippen LogP contribution < -0.4 is 11.3 Å². The lowest BCUT2D eigenvalue weighted by atomic mass is 10.0. The molecule has 1 aromatic heterocycles. The largest absolute Gasteiger partial charge is 0.271 e. The molecule has 0 aliphatic heterocycles. The zero-order chi connectivity index (χ0) is 14.6. The molecule has 0 fully saturated rings. The van der Waals surface area contributed by atoms with Crippen molar-refractivity contribution in [2.24, 2.45) is 5.84 Å². The van der Waals surface area contributed by atoms with Gasteiger partial charge in [0, 0.05) is 0 Å².